The van der Waals surface area contributed by atoms with Crippen molar-refractivity contribution in [2.75, 3.05) is 25.5 Å². The largest absolute Gasteiger partial charge is 0.477 e. The average molecular weight is 265 g/mol. The fourth-order valence-corrected chi connectivity index (χ4v) is 1.61. The van der Waals surface area contributed by atoms with Gasteiger partial charge < -0.3 is 15.3 Å². The minimum absolute atomic E-state index is 0.0736. The van der Waals surface area contributed by atoms with Crippen molar-refractivity contribution in [1.29, 1.82) is 0 Å². The summed E-state index contributed by atoms with van der Waals surface area (Å²) in [7, 11) is 2.12. The Kier molecular flexibility index (Phi) is 6.29. The van der Waals surface area contributed by atoms with Gasteiger partial charge in [0, 0.05) is 12.6 Å². The summed E-state index contributed by atoms with van der Waals surface area (Å²) < 4.78 is 0. The Balaban J connectivity index is 2.26. The summed E-state index contributed by atoms with van der Waals surface area (Å²) in [5.41, 5.74) is 0.0736. The topological polar surface area (TPSA) is 65.5 Å². The first kappa shape index (κ1) is 15.4. The molecular weight excluding hydrogens is 242 g/mol. The molecule has 0 saturated heterocycles. The van der Waals surface area contributed by atoms with E-state index in [9.17, 15) is 4.79 Å². The molecule has 0 aliphatic carbocycles. The smallest absolute Gasteiger partial charge is 0.354 e. The molecule has 0 aliphatic rings. The first-order valence-electron chi connectivity index (χ1n) is 6.65. The molecule has 0 aromatic carbocycles. The molecule has 0 atom stereocenters. The minimum Gasteiger partial charge on any atom is -0.477 e. The van der Waals surface area contributed by atoms with Gasteiger partial charge in [0.05, 0.1) is 0 Å². The van der Waals surface area contributed by atoms with E-state index >= 15 is 0 Å². The SMILES string of the molecule is CC(C)N(C)CCCCNc1cccc(C(=O)O)n1. The highest BCUT2D eigenvalue weighted by molar-refractivity contribution is 5.85. The Morgan fingerprint density at radius 3 is 2.79 bits per heavy atom. The molecule has 0 unspecified atom stereocenters. The van der Waals surface area contributed by atoms with Gasteiger partial charge in [-0.2, -0.15) is 0 Å². The first-order chi connectivity index (χ1) is 9.00. The molecule has 0 radical (unpaired) electrons. The fourth-order valence-electron chi connectivity index (χ4n) is 1.61. The second-order valence-corrected chi connectivity index (χ2v) is 4.92. The highest BCUT2D eigenvalue weighted by Gasteiger charge is 2.05. The molecular formula is C14H23N3O2. The zero-order valence-corrected chi connectivity index (χ0v) is 11.9. The van der Waals surface area contributed by atoms with Crippen molar-refractivity contribution < 1.29 is 9.90 Å². The molecule has 0 aliphatic heterocycles. The quantitative estimate of drug-likeness (QED) is 0.706. The van der Waals surface area contributed by atoms with E-state index in [0.717, 1.165) is 25.9 Å². The van der Waals surface area contributed by atoms with Crippen LogP contribution in [0.1, 0.15) is 37.2 Å². The highest BCUT2D eigenvalue weighted by Crippen LogP contribution is 2.05. The third-order valence-electron chi connectivity index (χ3n) is 3.09. The van der Waals surface area contributed by atoms with E-state index in [1.54, 1.807) is 12.1 Å². The lowest BCUT2D eigenvalue weighted by Crippen LogP contribution is -2.27. The van der Waals surface area contributed by atoms with E-state index in [2.05, 4.69) is 36.1 Å². The van der Waals surface area contributed by atoms with Crippen LogP contribution in [-0.4, -0.2) is 47.1 Å². The normalized spacial score (nSPS) is 11.0. The van der Waals surface area contributed by atoms with Crippen LogP contribution in [0.4, 0.5) is 5.82 Å². The summed E-state index contributed by atoms with van der Waals surface area (Å²) in [5, 5.41) is 12.0. The van der Waals surface area contributed by atoms with Gasteiger partial charge in [0.1, 0.15) is 5.82 Å². The van der Waals surface area contributed by atoms with Crippen LogP contribution in [0.25, 0.3) is 0 Å². The molecule has 1 heterocycles. The molecule has 1 aromatic rings. The number of carboxylic acids is 1. The fraction of sp³-hybridized carbons (Fsp3) is 0.571. The molecule has 5 heteroatoms. The van der Waals surface area contributed by atoms with Crippen LogP contribution >= 0.6 is 0 Å². The number of pyridine rings is 1. The number of carbonyl (C=O) groups is 1. The third-order valence-corrected chi connectivity index (χ3v) is 3.09. The maximum absolute atomic E-state index is 10.8. The standard InChI is InChI=1S/C14H23N3O2/c1-11(2)17(3)10-5-4-9-15-13-8-6-7-12(16-13)14(18)19/h6-8,11H,4-5,9-10H2,1-3H3,(H,15,16)(H,18,19). The molecule has 5 nitrogen and oxygen atoms in total. The summed E-state index contributed by atoms with van der Waals surface area (Å²) >= 11 is 0. The summed E-state index contributed by atoms with van der Waals surface area (Å²) in [4.78, 5) is 17.1. The summed E-state index contributed by atoms with van der Waals surface area (Å²) in [6.07, 6.45) is 2.15. The molecule has 1 rings (SSSR count). The van der Waals surface area contributed by atoms with Crippen molar-refractivity contribution >= 4 is 11.8 Å². The van der Waals surface area contributed by atoms with E-state index in [4.69, 9.17) is 5.11 Å². The molecule has 106 valence electrons. The van der Waals surface area contributed by atoms with E-state index in [-0.39, 0.29) is 5.69 Å². The van der Waals surface area contributed by atoms with Gasteiger partial charge in [0.15, 0.2) is 5.69 Å². The molecule has 0 bridgehead atoms. The number of hydrogen-bond acceptors (Lipinski definition) is 4. The summed E-state index contributed by atoms with van der Waals surface area (Å²) in [6.45, 7) is 6.24. The van der Waals surface area contributed by atoms with Crippen LogP contribution in [0.15, 0.2) is 18.2 Å². The van der Waals surface area contributed by atoms with Gasteiger partial charge in [0.25, 0.3) is 0 Å². The van der Waals surface area contributed by atoms with Gasteiger partial charge in [-0.05, 0) is 52.4 Å². The zero-order chi connectivity index (χ0) is 14.3. The highest BCUT2D eigenvalue weighted by atomic mass is 16.4. The lowest BCUT2D eigenvalue weighted by Gasteiger charge is -2.20. The van der Waals surface area contributed by atoms with Crippen molar-refractivity contribution in [1.82, 2.24) is 9.88 Å². The second-order valence-electron chi connectivity index (χ2n) is 4.92. The minimum atomic E-state index is -0.998. The number of aromatic carboxylic acids is 1. The zero-order valence-electron chi connectivity index (χ0n) is 11.9. The van der Waals surface area contributed by atoms with Crippen molar-refractivity contribution in [3.05, 3.63) is 23.9 Å². The number of rotatable bonds is 8. The Labute approximate surface area is 114 Å². The number of unbranched alkanes of at least 4 members (excludes halogenated alkanes) is 1. The molecule has 0 amide bonds. The second kappa shape index (κ2) is 7.74. The average Bonchev–Trinajstić information content (AvgIpc) is 2.38. The molecule has 0 fully saturated rings. The van der Waals surface area contributed by atoms with E-state index in [1.165, 1.54) is 6.07 Å². The van der Waals surface area contributed by atoms with Crippen LogP contribution < -0.4 is 5.32 Å². The number of nitrogens with zero attached hydrogens (tertiary/aromatic N) is 2. The van der Waals surface area contributed by atoms with E-state index in [1.807, 2.05) is 0 Å². The number of aromatic nitrogens is 1. The summed E-state index contributed by atoms with van der Waals surface area (Å²) in [5.74, 6) is -0.376. The van der Waals surface area contributed by atoms with Crippen LogP contribution in [0, 0.1) is 0 Å². The predicted octanol–water partition coefficient (Wildman–Crippen LogP) is 2.31. The van der Waals surface area contributed by atoms with Gasteiger partial charge in [-0.15, -0.1) is 0 Å². The predicted molar refractivity (Wildman–Crippen MR) is 76.7 cm³/mol. The van der Waals surface area contributed by atoms with Gasteiger partial charge >= 0.3 is 5.97 Å². The van der Waals surface area contributed by atoms with Crippen molar-refractivity contribution in [2.45, 2.75) is 32.7 Å². The lowest BCUT2D eigenvalue weighted by atomic mass is 10.2. The maximum Gasteiger partial charge on any atom is 0.354 e. The van der Waals surface area contributed by atoms with Gasteiger partial charge in [-0.1, -0.05) is 6.07 Å². The van der Waals surface area contributed by atoms with Crippen molar-refractivity contribution in [3.8, 4) is 0 Å². The van der Waals surface area contributed by atoms with Gasteiger partial charge in [-0.25, -0.2) is 9.78 Å². The van der Waals surface area contributed by atoms with Crippen LogP contribution in [0.2, 0.25) is 0 Å². The third kappa shape index (κ3) is 5.70. The Hall–Kier alpha value is -1.62. The monoisotopic (exact) mass is 265 g/mol. The maximum atomic E-state index is 10.8. The van der Waals surface area contributed by atoms with Crippen LogP contribution in [0.5, 0.6) is 0 Å². The Morgan fingerprint density at radius 1 is 1.42 bits per heavy atom. The van der Waals surface area contributed by atoms with Crippen LogP contribution in [0.3, 0.4) is 0 Å². The molecule has 19 heavy (non-hydrogen) atoms. The molecule has 2 N–H and O–H groups in total. The molecule has 0 spiro atoms. The Morgan fingerprint density at radius 2 is 2.16 bits per heavy atom. The first-order valence-corrected chi connectivity index (χ1v) is 6.65. The number of nitrogens with one attached hydrogen (secondary N) is 1. The molecule has 0 saturated carbocycles. The van der Waals surface area contributed by atoms with E-state index < -0.39 is 5.97 Å². The number of carboxylic acid groups (broad SMARTS) is 1. The number of hydrogen-bond donors (Lipinski definition) is 2. The number of anilines is 1. The summed E-state index contributed by atoms with van der Waals surface area (Å²) in [6, 6.07) is 5.55. The van der Waals surface area contributed by atoms with E-state index in [0.29, 0.717) is 11.9 Å². The Bertz CT molecular complexity index is 407. The van der Waals surface area contributed by atoms with Crippen molar-refractivity contribution in [2.24, 2.45) is 0 Å². The van der Waals surface area contributed by atoms with Gasteiger partial charge in [-0.3, -0.25) is 0 Å². The molecule has 1 aromatic heterocycles. The van der Waals surface area contributed by atoms with Crippen LogP contribution in [-0.2, 0) is 0 Å². The lowest BCUT2D eigenvalue weighted by molar-refractivity contribution is 0.0690. The van der Waals surface area contributed by atoms with Gasteiger partial charge in [0.2, 0.25) is 0 Å². The van der Waals surface area contributed by atoms with Crippen molar-refractivity contribution in [3.63, 3.8) is 0 Å².